The molecule has 1 aliphatic carbocycles. The molecule has 2 aliphatic rings. The zero-order chi connectivity index (χ0) is 21.1. The molecule has 0 amide bonds. The molecule has 4 heterocycles. The van der Waals surface area contributed by atoms with Crippen molar-refractivity contribution in [3.63, 3.8) is 0 Å². The van der Waals surface area contributed by atoms with Crippen LogP contribution in [0.5, 0.6) is 5.75 Å². The highest BCUT2D eigenvalue weighted by Crippen LogP contribution is 2.39. The van der Waals surface area contributed by atoms with Crippen LogP contribution < -0.4 is 4.74 Å². The Morgan fingerprint density at radius 3 is 2.90 bits per heavy atom. The number of hydrogen-bond acceptors (Lipinski definition) is 5. The molecule has 0 unspecified atom stereocenters. The second-order valence-corrected chi connectivity index (χ2v) is 8.44. The minimum Gasteiger partial charge on any atom is -0.493 e. The second-order valence-electron chi connectivity index (χ2n) is 8.44. The van der Waals surface area contributed by atoms with Gasteiger partial charge < -0.3 is 4.74 Å². The molecule has 1 saturated carbocycles. The summed E-state index contributed by atoms with van der Waals surface area (Å²) in [6.45, 7) is 4.75. The highest BCUT2D eigenvalue weighted by molar-refractivity contribution is 5.79. The minimum absolute atomic E-state index is 0.181. The second kappa shape index (κ2) is 6.87. The average molecular weight is 418 g/mol. The summed E-state index contributed by atoms with van der Waals surface area (Å²) < 4.78 is 24.2. The standard InChI is InChI=1S/C23H23FN6O/c1-13-22(14(2)30(28-13)15-3-4-15)18-11-25-21(29-12-26-27-23(18)29)8-5-16-17-9-10-31-20(17)7-6-19(16)24/h6-7,11-12,15H,3-5,8-10H2,1-2H3. The van der Waals surface area contributed by atoms with Crippen LogP contribution in [0.4, 0.5) is 4.39 Å². The lowest BCUT2D eigenvalue weighted by molar-refractivity contribution is 0.356. The van der Waals surface area contributed by atoms with Crippen LogP contribution >= 0.6 is 0 Å². The molecule has 4 aromatic rings. The summed E-state index contributed by atoms with van der Waals surface area (Å²) in [7, 11) is 0. The maximum Gasteiger partial charge on any atom is 0.171 e. The quantitative estimate of drug-likeness (QED) is 0.493. The molecular weight excluding hydrogens is 395 g/mol. The lowest BCUT2D eigenvalue weighted by atomic mass is 10.00. The summed E-state index contributed by atoms with van der Waals surface area (Å²) in [5, 5.41) is 13.3. The van der Waals surface area contributed by atoms with Gasteiger partial charge in [-0.2, -0.15) is 5.10 Å². The highest BCUT2D eigenvalue weighted by Gasteiger charge is 2.29. The average Bonchev–Trinajstić information content (AvgIpc) is 3.16. The van der Waals surface area contributed by atoms with Crippen molar-refractivity contribution >= 4 is 5.65 Å². The summed E-state index contributed by atoms with van der Waals surface area (Å²) in [6, 6.07) is 3.73. The Morgan fingerprint density at radius 1 is 1.19 bits per heavy atom. The topological polar surface area (TPSA) is 70.1 Å². The molecular formula is C23H23FN6O. The molecule has 0 spiro atoms. The molecule has 7 nitrogen and oxygen atoms in total. The lowest BCUT2D eigenvalue weighted by Gasteiger charge is -2.11. The van der Waals surface area contributed by atoms with Gasteiger partial charge in [-0.25, -0.2) is 9.37 Å². The Kier molecular flexibility index (Phi) is 4.09. The van der Waals surface area contributed by atoms with Crippen molar-refractivity contribution in [3.05, 3.63) is 58.8 Å². The number of aryl methyl sites for hydroxylation is 2. The fraction of sp³-hybridized carbons (Fsp3) is 0.391. The van der Waals surface area contributed by atoms with Gasteiger partial charge in [0.2, 0.25) is 0 Å². The maximum atomic E-state index is 14.5. The van der Waals surface area contributed by atoms with E-state index in [-0.39, 0.29) is 5.82 Å². The normalized spacial score (nSPS) is 15.5. The molecule has 6 rings (SSSR count). The SMILES string of the molecule is Cc1nn(C2CC2)c(C)c1-c1cnc(CCc2c(F)ccc3c2CCO3)n2cnnc12. The largest absolute Gasteiger partial charge is 0.493 e. The Hall–Kier alpha value is -3.29. The number of hydrogen-bond donors (Lipinski definition) is 0. The van der Waals surface area contributed by atoms with Crippen LogP contribution in [0.3, 0.4) is 0 Å². The van der Waals surface area contributed by atoms with Gasteiger partial charge in [-0.3, -0.25) is 9.08 Å². The Balaban J connectivity index is 1.37. The monoisotopic (exact) mass is 418 g/mol. The molecule has 0 saturated heterocycles. The summed E-state index contributed by atoms with van der Waals surface area (Å²) in [5.41, 5.74) is 6.59. The third-order valence-corrected chi connectivity index (χ3v) is 6.44. The zero-order valence-corrected chi connectivity index (χ0v) is 17.6. The molecule has 3 aromatic heterocycles. The number of benzene rings is 1. The summed E-state index contributed by atoms with van der Waals surface area (Å²) in [5.74, 6) is 1.43. The van der Waals surface area contributed by atoms with Crippen LogP contribution in [0.15, 0.2) is 24.7 Å². The number of halogens is 1. The molecule has 0 radical (unpaired) electrons. The van der Waals surface area contributed by atoms with Gasteiger partial charge in [0.25, 0.3) is 0 Å². The Bertz CT molecular complexity index is 1320. The molecule has 1 aliphatic heterocycles. The van der Waals surface area contributed by atoms with Crippen LogP contribution in [0, 0.1) is 19.7 Å². The molecule has 8 heteroatoms. The van der Waals surface area contributed by atoms with Crippen LogP contribution in [0.25, 0.3) is 16.8 Å². The van der Waals surface area contributed by atoms with E-state index in [2.05, 4.69) is 21.8 Å². The van der Waals surface area contributed by atoms with E-state index in [0.29, 0.717) is 25.5 Å². The number of rotatable bonds is 5. The molecule has 31 heavy (non-hydrogen) atoms. The first-order valence-electron chi connectivity index (χ1n) is 10.8. The van der Waals surface area contributed by atoms with Crippen molar-refractivity contribution in [2.75, 3.05) is 6.61 Å². The van der Waals surface area contributed by atoms with Gasteiger partial charge >= 0.3 is 0 Å². The Labute approximate surface area is 178 Å². The van der Waals surface area contributed by atoms with Crippen LogP contribution in [0.1, 0.15) is 47.2 Å². The Morgan fingerprint density at radius 2 is 2.06 bits per heavy atom. The van der Waals surface area contributed by atoms with Crippen molar-refractivity contribution in [1.29, 1.82) is 0 Å². The van der Waals surface area contributed by atoms with Crippen LogP contribution in [0.2, 0.25) is 0 Å². The fourth-order valence-corrected chi connectivity index (χ4v) is 4.78. The van der Waals surface area contributed by atoms with Crippen molar-refractivity contribution < 1.29 is 9.13 Å². The highest BCUT2D eigenvalue weighted by atomic mass is 19.1. The number of aromatic nitrogens is 6. The van der Waals surface area contributed by atoms with Gasteiger partial charge in [-0.15, -0.1) is 10.2 Å². The molecule has 0 atom stereocenters. The zero-order valence-electron chi connectivity index (χ0n) is 17.6. The van der Waals surface area contributed by atoms with E-state index in [1.165, 1.54) is 18.9 Å². The van der Waals surface area contributed by atoms with E-state index in [0.717, 1.165) is 57.3 Å². The van der Waals surface area contributed by atoms with E-state index in [4.69, 9.17) is 14.8 Å². The molecule has 0 bridgehead atoms. The van der Waals surface area contributed by atoms with E-state index in [1.54, 1.807) is 12.4 Å². The van der Waals surface area contributed by atoms with Crippen molar-refractivity contribution in [2.45, 2.75) is 52.0 Å². The first-order chi connectivity index (χ1) is 15.1. The maximum absolute atomic E-state index is 14.5. The molecule has 1 fully saturated rings. The van der Waals surface area contributed by atoms with Gasteiger partial charge in [0.15, 0.2) is 5.65 Å². The van der Waals surface area contributed by atoms with Crippen molar-refractivity contribution in [2.24, 2.45) is 0 Å². The van der Waals surface area contributed by atoms with Gasteiger partial charge in [0.1, 0.15) is 23.7 Å². The van der Waals surface area contributed by atoms with Crippen LogP contribution in [-0.4, -0.2) is 36.0 Å². The first kappa shape index (κ1) is 18.5. The van der Waals surface area contributed by atoms with E-state index < -0.39 is 0 Å². The predicted octanol–water partition coefficient (Wildman–Crippen LogP) is 3.80. The van der Waals surface area contributed by atoms with Crippen molar-refractivity contribution in [1.82, 2.24) is 29.4 Å². The number of ether oxygens (including phenoxy) is 1. The summed E-state index contributed by atoms with van der Waals surface area (Å²) >= 11 is 0. The predicted molar refractivity (Wildman–Crippen MR) is 113 cm³/mol. The lowest BCUT2D eigenvalue weighted by Crippen LogP contribution is -2.06. The third-order valence-electron chi connectivity index (χ3n) is 6.44. The summed E-state index contributed by atoms with van der Waals surface area (Å²) in [6.07, 6.45) is 7.81. The van der Waals surface area contributed by atoms with Crippen molar-refractivity contribution in [3.8, 4) is 16.9 Å². The van der Waals surface area contributed by atoms with E-state index in [1.807, 2.05) is 17.5 Å². The fourth-order valence-electron chi connectivity index (χ4n) is 4.78. The minimum atomic E-state index is -0.181. The van der Waals surface area contributed by atoms with Gasteiger partial charge in [0.05, 0.1) is 18.3 Å². The van der Waals surface area contributed by atoms with E-state index >= 15 is 0 Å². The van der Waals surface area contributed by atoms with Crippen LogP contribution in [-0.2, 0) is 19.3 Å². The van der Waals surface area contributed by atoms with Gasteiger partial charge in [0, 0.05) is 41.4 Å². The smallest absolute Gasteiger partial charge is 0.171 e. The molecule has 158 valence electrons. The molecule has 1 aromatic carbocycles. The summed E-state index contributed by atoms with van der Waals surface area (Å²) in [4.78, 5) is 4.74. The van der Waals surface area contributed by atoms with Gasteiger partial charge in [-0.05, 0) is 50.8 Å². The number of fused-ring (bicyclic) bond motifs is 2. The van der Waals surface area contributed by atoms with E-state index in [9.17, 15) is 4.39 Å². The van der Waals surface area contributed by atoms with Gasteiger partial charge in [-0.1, -0.05) is 0 Å². The molecule has 0 N–H and O–H groups in total. The third kappa shape index (κ3) is 2.92. The first-order valence-corrected chi connectivity index (χ1v) is 10.8. The number of nitrogens with zero attached hydrogens (tertiary/aromatic N) is 6.